The summed E-state index contributed by atoms with van der Waals surface area (Å²) in [4.78, 5) is 14.5. The van der Waals surface area contributed by atoms with Gasteiger partial charge in [0, 0.05) is 36.8 Å². The number of aryl methyl sites for hydroxylation is 1. The molecule has 3 aromatic rings. The number of rotatable bonds is 3. The summed E-state index contributed by atoms with van der Waals surface area (Å²) in [6.07, 6.45) is 1.92. The second-order valence-corrected chi connectivity index (χ2v) is 6.77. The molecular formula is C15H18N6OS. The minimum absolute atomic E-state index is 0.150. The van der Waals surface area contributed by atoms with Crippen LogP contribution in [0.25, 0.3) is 22.8 Å². The Kier molecular flexibility index (Phi) is 3.72. The van der Waals surface area contributed by atoms with E-state index in [0.717, 1.165) is 47.4 Å². The highest BCUT2D eigenvalue weighted by Crippen LogP contribution is 2.27. The van der Waals surface area contributed by atoms with Gasteiger partial charge in [-0.3, -0.25) is 4.90 Å². The van der Waals surface area contributed by atoms with Crippen molar-refractivity contribution in [1.82, 2.24) is 30.3 Å². The quantitative estimate of drug-likeness (QED) is 0.765. The van der Waals surface area contributed by atoms with Crippen molar-refractivity contribution in [3.05, 3.63) is 28.5 Å². The first-order valence-corrected chi connectivity index (χ1v) is 8.44. The summed E-state index contributed by atoms with van der Waals surface area (Å²) in [7, 11) is 2.08. The number of aromatic amines is 1. The smallest absolute Gasteiger partial charge is 0.274 e. The number of hydrogen-bond acceptors (Lipinski definition) is 7. The predicted octanol–water partition coefficient (Wildman–Crippen LogP) is 2.07. The third-order valence-electron chi connectivity index (χ3n) is 4.08. The van der Waals surface area contributed by atoms with Crippen LogP contribution in [0, 0.1) is 6.92 Å². The van der Waals surface area contributed by atoms with Crippen molar-refractivity contribution in [2.24, 2.45) is 0 Å². The molecule has 0 aliphatic carbocycles. The number of hydrogen-bond donors (Lipinski definition) is 2. The van der Waals surface area contributed by atoms with Crippen LogP contribution in [-0.2, 0) is 0 Å². The fourth-order valence-corrected chi connectivity index (χ4v) is 3.36. The molecule has 3 aromatic heterocycles. The lowest BCUT2D eigenvalue weighted by atomic mass is 10.2. The van der Waals surface area contributed by atoms with E-state index in [2.05, 4.69) is 37.4 Å². The first kappa shape index (κ1) is 14.6. The highest BCUT2D eigenvalue weighted by molar-refractivity contribution is 7.09. The maximum atomic E-state index is 5.44. The third kappa shape index (κ3) is 2.80. The van der Waals surface area contributed by atoms with Crippen molar-refractivity contribution in [1.29, 1.82) is 0 Å². The van der Waals surface area contributed by atoms with Crippen LogP contribution < -0.4 is 5.32 Å². The second kappa shape index (κ2) is 5.88. The van der Waals surface area contributed by atoms with Crippen LogP contribution in [0.5, 0.6) is 0 Å². The van der Waals surface area contributed by atoms with Crippen LogP contribution in [0.4, 0.5) is 0 Å². The molecule has 1 fully saturated rings. The first-order valence-electron chi connectivity index (χ1n) is 7.56. The van der Waals surface area contributed by atoms with Gasteiger partial charge in [0.25, 0.3) is 5.89 Å². The van der Waals surface area contributed by atoms with E-state index in [0.29, 0.717) is 5.89 Å². The van der Waals surface area contributed by atoms with E-state index in [1.165, 1.54) is 0 Å². The molecule has 23 heavy (non-hydrogen) atoms. The van der Waals surface area contributed by atoms with Gasteiger partial charge in [-0.15, -0.1) is 11.3 Å². The molecule has 2 N–H and O–H groups in total. The molecule has 7 nitrogen and oxygen atoms in total. The standard InChI is InChI=1S/C15H18N6OS/c1-9-18-12(8-23-9)10-5-11(17-6-10)15-19-14(20-22-15)13-7-16-3-4-21(13)2/h5-6,8,13,16-17H,3-4,7H2,1-2H3. The zero-order valence-corrected chi connectivity index (χ0v) is 13.9. The topological polar surface area (TPSA) is 82.9 Å². The average Bonchev–Trinajstić information content (AvgIpc) is 3.27. The zero-order valence-electron chi connectivity index (χ0n) is 13.0. The maximum absolute atomic E-state index is 5.44. The molecule has 0 radical (unpaired) electrons. The number of H-pyrrole nitrogens is 1. The lowest BCUT2D eigenvalue weighted by molar-refractivity contribution is 0.190. The SMILES string of the molecule is Cc1nc(-c2c[nH]c(-c3nc(C4CNCCN4C)no3)c2)cs1. The van der Waals surface area contributed by atoms with Crippen molar-refractivity contribution in [3.63, 3.8) is 0 Å². The Morgan fingerprint density at radius 2 is 2.30 bits per heavy atom. The molecule has 1 atom stereocenters. The molecular weight excluding hydrogens is 312 g/mol. The Bertz CT molecular complexity index is 806. The molecule has 120 valence electrons. The number of nitrogens with one attached hydrogen (secondary N) is 2. The Morgan fingerprint density at radius 3 is 3.09 bits per heavy atom. The molecule has 0 saturated carbocycles. The highest BCUT2D eigenvalue weighted by Gasteiger charge is 2.25. The van der Waals surface area contributed by atoms with Crippen LogP contribution in [0.1, 0.15) is 16.9 Å². The highest BCUT2D eigenvalue weighted by atomic mass is 32.1. The molecule has 0 bridgehead atoms. The van der Waals surface area contributed by atoms with Gasteiger partial charge in [-0.1, -0.05) is 5.16 Å². The molecule has 1 aliphatic rings. The summed E-state index contributed by atoms with van der Waals surface area (Å²) < 4.78 is 5.44. The van der Waals surface area contributed by atoms with Gasteiger partial charge in [0.1, 0.15) is 5.69 Å². The minimum atomic E-state index is 0.150. The van der Waals surface area contributed by atoms with E-state index in [1.807, 2.05) is 24.6 Å². The Balaban J connectivity index is 1.58. The number of piperazine rings is 1. The van der Waals surface area contributed by atoms with Crippen molar-refractivity contribution < 1.29 is 4.52 Å². The van der Waals surface area contributed by atoms with Crippen LogP contribution in [0.3, 0.4) is 0 Å². The summed E-state index contributed by atoms with van der Waals surface area (Å²) >= 11 is 1.64. The van der Waals surface area contributed by atoms with Gasteiger partial charge < -0.3 is 14.8 Å². The number of thiazole rings is 1. The van der Waals surface area contributed by atoms with E-state index in [-0.39, 0.29) is 6.04 Å². The van der Waals surface area contributed by atoms with Gasteiger partial charge in [0.15, 0.2) is 5.82 Å². The maximum Gasteiger partial charge on any atom is 0.274 e. The van der Waals surface area contributed by atoms with Gasteiger partial charge in [-0.25, -0.2) is 4.98 Å². The van der Waals surface area contributed by atoms with Crippen LogP contribution >= 0.6 is 11.3 Å². The van der Waals surface area contributed by atoms with Crippen molar-refractivity contribution in [2.45, 2.75) is 13.0 Å². The summed E-state index contributed by atoms with van der Waals surface area (Å²) in [6.45, 7) is 4.80. The van der Waals surface area contributed by atoms with Gasteiger partial charge in [0.2, 0.25) is 0 Å². The third-order valence-corrected chi connectivity index (χ3v) is 4.85. The monoisotopic (exact) mass is 330 g/mol. The van der Waals surface area contributed by atoms with E-state index < -0.39 is 0 Å². The molecule has 0 spiro atoms. The van der Waals surface area contributed by atoms with E-state index >= 15 is 0 Å². The van der Waals surface area contributed by atoms with Crippen molar-refractivity contribution >= 4 is 11.3 Å². The fraction of sp³-hybridized carbons (Fsp3) is 0.400. The molecule has 1 aliphatic heterocycles. The van der Waals surface area contributed by atoms with E-state index in [4.69, 9.17) is 4.52 Å². The van der Waals surface area contributed by atoms with Gasteiger partial charge in [-0.05, 0) is 20.0 Å². The minimum Gasteiger partial charge on any atom is -0.357 e. The largest absolute Gasteiger partial charge is 0.357 e. The summed E-state index contributed by atoms with van der Waals surface area (Å²) in [5.74, 6) is 1.23. The molecule has 4 rings (SSSR count). The molecule has 8 heteroatoms. The van der Waals surface area contributed by atoms with Gasteiger partial charge in [0.05, 0.1) is 16.7 Å². The molecule has 1 unspecified atom stereocenters. The van der Waals surface area contributed by atoms with Crippen LogP contribution in [-0.4, -0.2) is 51.7 Å². The van der Waals surface area contributed by atoms with Gasteiger partial charge in [-0.2, -0.15) is 4.98 Å². The normalized spacial score (nSPS) is 19.3. The average molecular weight is 330 g/mol. The summed E-state index contributed by atoms with van der Waals surface area (Å²) in [6, 6.07) is 2.14. The summed E-state index contributed by atoms with van der Waals surface area (Å²) in [5.41, 5.74) is 2.81. The zero-order chi connectivity index (χ0) is 15.8. The van der Waals surface area contributed by atoms with E-state index in [9.17, 15) is 0 Å². The Labute approximate surface area is 137 Å². The number of aromatic nitrogens is 4. The summed E-state index contributed by atoms with van der Waals surface area (Å²) in [5, 5.41) is 10.6. The Morgan fingerprint density at radius 1 is 1.39 bits per heavy atom. The molecule has 4 heterocycles. The lowest BCUT2D eigenvalue weighted by Gasteiger charge is -2.30. The lowest BCUT2D eigenvalue weighted by Crippen LogP contribution is -2.44. The van der Waals surface area contributed by atoms with Crippen LogP contribution in [0.2, 0.25) is 0 Å². The van der Waals surface area contributed by atoms with Gasteiger partial charge >= 0.3 is 0 Å². The fourth-order valence-electron chi connectivity index (χ4n) is 2.74. The second-order valence-electron chi connectivity index (χ2n) is 5.71. The Hall–Kier alpha value is -2.03. The predicted molar refractivity (Wildman–Crippen MR) is 88.2 cm³/mol. The van der Waals surface area contributed by atoms with Crippen LogP contribution in [0.15, 0.2) is 22.2 Å². The molecule has 0 amide bonds. The van der Waals surface area contributed by atoms with Crippen molar-refractivity contribution in [3.8, 4) is 22.8 Å². The molecule has 0 aromatic carbocycles. The van der Waals surface area contributed by atoms with Crippen molar-refractivity contribution in [2.75, 3.05) is 26.7 Å². The number of likely N-dealkylation sites (N-methyl/N-ethyl adjacent to an activating group) is 1. The first-order chi connectivity index (χ1) is 11.2. The number of nitrogens with zero attached hydrogens (tertiary/aromatic N) is 4. The van der Waals surface area contributed by atoms with E-state index in [1.54, 1.807) is 11.3 Å². The molecule has 1 saturated heterocycles.